The fraction of sp³-hybridized carbons (Fsp3) is 0.600. The van der Waals surface area contributed by atoms with Crippen molar-refractivity contribution >= 4 is 27.5 Å². The van der Waals surface area contributed by atoms with Crippen LogP contribution in [0.25, 0.3) is 0 Å². The highest BCUT2D eigenvalue weighted by Crippen LogP contribution is 2.62. The Hall–Kier alpha value is -1.00. The Morgan fingerprint density at radius 3 is 2.83 bits per heavy atom. The summed E-state index contributed by atoms with van der Waals surface area (Å²) in [4.78, 5) is 24.3. The van der Waals surface area contributed by atoms with Crippen LogP contribution >= 0.6 is 15.9 Å². The molecule has 24 heavy (non-hydrogen) atoms. The SMILES string of the molecule is C[C@]12CC[C@H]3[C@@H](C=CC4=CC(=O)C=C[C@@]43C(O)CBr)[C@@H]1CCC2=O. The van der Waals surface area contributed by atoms with Gasteiger partial charge in [0, 0.05) is 22.6 Å². The predicted octanol–water partition coefficient (Wildman–Crippen LogP) is 3.38. The first kappa shape index (κ1) is 16.5. The highest BCUT2D eigenvalue weighted by atomic mass is 79.9. The van der Waals surface area contributed by atoms with E-state index in [2.05, 4.69) is 28.9 Å². The van der Waals surface area contributed by atoms with Gasteiger partial charge in [0.2, 0.25) is 0 Å². The Bertz CT molecular complexity index is 691. The molecule has 0 aliphatic heterocycles. The summed E-state index contributed by atoms with van der Waals surface area (Å²) in [5.74, 6) is 1.29. The van der Waals surface area contributed by atoms with E-state index >= 15 is 0 Å². The van der Waals surface area contributed by atoms with Crippen molar-refractivity contribution in [3.8, 4) is 0 Å². The number of aliphatic hydroxyl groups excluding tert-OH is 1. The zero-order valence-corrected chi connectivity index (χ0v) is 15.5. The summed E-state index contributed by atoms with van der Waals surface area (Å²) < 4.78 is 0. The van der Waals surface area contributed by atoms with Crippen LogP contribution in [0, 0.1) is 28.6 Å². The van der Waals surface area contributed by atoms with Crippen molar-refractivity contribution in [1.29, 1.82) is 0 Å². The number of hydrogen-bond donors (Lipinski definition) is 1. The van der Waals surface area contributed by atoms with E-state index in [0.717, 1.165) is 24.8 Å². The zero-order valence-electron chi connectivity index (χ0n) is 13.9. The molecule has 1 N–H and O–H groups in total. The third kappa shape index (κ3) is 1.99. The first-order valence-corrected chi connectivity index (χ1v) is 9.96. The van der Waals surface area contributed by atoms with E-state index in [1.807, 2.05) is 12.2 Å². The number of alkyl halides is 1. The minimum Gasteiger partial charge on any atom is -0.391 e. The maximum atomic E-state index is 12.4. The van der Waals surface area contributed by atoms with E-state index in [9.17, 15) is 14.7 Å². The van der Waals surface area contributed by atoms with Crippen LogP contribution in [0.5, 0.6) is 0 Å². The van der Waals surface area contributed by atoms with E-state index < -0.39 is 11.5 Å². The Morgan fingerprint density at radius 2 is 2.08 bits per heavy atom. The molecule has 0 heterocycles. The molecular weight excluding hydrogens is 368 g/mol. The van der Waals surface area contributed by atoms with Gasteiger partial charge < -0.3 is 5.11 Å². The third-order valence-electron chi connectivity index (χ3n) is 7.17. The largest absolute Gasteiger partial charge is 0.391 e. The number of Topliss-reactive ketones (excluding diaryl/α,β-unsaturated/α-hetero) is 1. The summed E-state index contributed by atoms with van der Waals surface area (Å²) in [6, 6.07) is 0. The van der Waals surface area contributed by atoms with Gasteiger partial charge >= 0.3 is 0 Å². The molecule has 1 unspecified atom stereocenters. The number of carbonyl (C=O) groups excluding carboxylic acids is 2. The van der Waals surface area contributed by atoms with Crippen molar-refractivity contribution < 1.29 is 14.7 Å². The summed E-state index contributed by atoms with van der Waals surface area (Å²) in [6.07, 6.45) is 12.3. The molecule has 0 aromatic carbocycles. The molecule has 0 bridgehead atoms. The van der Waals surface area contributed by atoms with Gasteiger partial charge in [0.05, 0.1) is 6.10 Å². The minimum atomic E-state index is -0.577. The highest BCUT2D eigenvalue weighted by molar-refractivity contribution is 9.09. The molecule has 4 rings (SSSR count). The molecule has 0 aromatic rings. The van der Waals surface area contributed by atoms with Gasteiger partial charge in [-0.15, -0.1) is 0 Å². The van der Waals surface area contributed by atoms with Gasteiger partial charge in [-0.05, 0) is 54.7 Å². The molecule has 0 radical (unpaired) electrons. The van der Waals surface area contributed by atoms with Gasteiger partial charge in [-0.3, -0.25) is 9.59 Å². The molecular formula is C20H23BrO3. The molecule has 0 amide bonds. The fourth-order valence-corrected chi connectivity index (χ4v) is 6.39. The number of carbonyl (C=O) groups is 2. The first-order chi connectivity index (χ1) is 11.4. The molecule has 128 valence electrons. The van der Waals surface area contributed by atoms with Gasteiger partial charge in [0.25, 0.3) is 0 Å². The van der Waals surface area contributed by atoms with Crippen molar-refractivity contribution in [3.63, 3.8) is 0 Å². The number of halogens is 1. The Morgan fingerprint density at radius 1 is 1.29 bits per heavy atom. The molecule has 4 aliphatic carbocycles. The van der Waals surface area contributed by atoms with Crippen molar-refractivity contribution in [3.05, 3.63) is 36.0 Å². The second-order valence-electron chi connectivity index (χ2n) is 8.01. The third-order valence-corrected chi connectivity index (χ3v) is 7.79. The summed E-state index contributed by atoms with van der Waals surface area (Å²) >= 11 is 3.44. The average molecular weight is 391 g/mol. The Labute approximate surface area is 151 Å². The van der Waals surface area contributed by atoms with Crippen molar-refractivity contribution in [2.45, 2.75) is 38.7 Å². The molecule has 3 nitrogen and oxygen atoms in total. The summed E-state index contributed by atoms with van der Waals surface area (Å²) in [7, 11) is 0. The van der Waals surface area contributed by atoms with Crippen LogP contribution < -0.4 is 0 Å². The van der Waals surface area contributed by atoms with Gasteiger partial charge in [0.15, 0.2) is 5.78 Å². The summed E-state index contributed by atoms with van der Waals surface area (Å²) in [6.45, 7) is 2.14. The zero-order chi connectivity index (χ0) is 17.1. The normalized spacial score (nSPS) is 44.6. The Kier molecular flexibility index (Phi) is 3.77. The predicted molar refractivity (Wildman–Crippen MR) is 95.7 cm³/mol. The summed E-state index contributed by atoms with van der Waals surface area (Å²) in [5.41, 5.74) is 0.210. The molecule has 0 aromatic heterocycles. The number of fused-ring (bicyclic) bond motifs is 5. The topological polar surface area (TPSA) is 54.4 Å². The lowest BCUT2D eigenvalue weighted by Crippen LogP contribution is -2.53. The van der Waals surface area contributed by atoms with E-state index in [1.165, 1.54) is 0 Å². The fourth-order valence-electron chi connectivity index (χ4n) is 5.86. The molecule has 4 aliphatic rings. The number of rotatable bonds is 2. The van der Waals surface area contributed by atoms with E-state index in [-0.39, 0.29) is 17.1 Å². The van der Waals surface area contributed by atoms with Gasteiger partial charge in [0.1, 0.15) is 5.78 Å². The van der Waals surface area contributed by atoms with Crippen molar-refractivity contribution in [2.24, 2.45) is 28.6 Å². The number of hydrogen-bond acceptors (Lipinski definition) is 3. The minimum absolute atomic E-state index is 0.0119. The molecule has 2 saturated carbocycles. The van der Waals surface area contributed by atoms with E-state index in [1.54, 1.807) is 12.2 Å². The standard InChI is InChI=1S/C20H23BrO3/c1-19-8-7-16-14(15(19)4-5-17(19)23)3-2-12-10-13(22)6-9-20(12,16)18(24)11-21/h2-3,6,9-10,14-16,18,24H,4-5,7-8,11H2,1H3/t14-,15-,16-,18?,19-,20+/m0/s1. The summed E-state index contributed by atoms with van der Waals surface area (Å²) in [5, 5.41) is 11.4. The van der Waals surface area contributed by atoms with Crippen molar-refractivity contribution in [1.82, 2.24) is 0 Å². The lowest BCUT2D eigenvalue weighted by atomic mass is 9.49. The molecule has 0 saturated heterocycles. The van der Waals surface area contributed by atoms with E-state index in [4.69, 9.17) is 0 Å². The van der Waals surface area contributed by atoms with E-state index in [0.29, 0.717) is 29.4 Å². The quantitative estimate of drug-likeness (QED) is 0.735. The maximum absolute atomic E-state index is 12.4. The number of allylic oxidation sites excluding steroid dienone is 4. The van der Waals surface area contributed by atoms with Gasteiger partial charge in [-0.25, -0.2) is 0 Å². The lowest BCUT2D eigenvalue weighted by Gasteiger charge is -2.55. The molecule has 2 fully saturated rings. The smallest absolute Gasteiger partial charge is 0.178 e. The van der Waals surface area contributed by atoms with Crippen LogP contribution in [0.3, 0.4) is 0 Å². The Balaban J connectivity index is 1.83. The van der Waals surface area contributed by atoms with Crippen LogP contribution in [0.4, 0.5) is 0 Å². The number of aliphatic hydroxyl groups is 1. The van der Waals surface area contributed by atoms with Crippen molar-refractivity contribution in [2.75, 3.05) is 5.33 Å². The van der Waals surface area contributed by atoms with Crippen LogP contribution in [0.1, 0.15) is 32.6 Å². The second-order valence-corrected chi connectivity index (χ2v) is 8.65. The van der Waals surface area contributed by atoms with Crippen LogP contribution in [0.15, 0.2) is 36.0 Å². The average Bonchev–Trinajstić information content (AvgIpc) is 2.89. The molecule has 6 atom stereocenters. The first-order valence-electron chi connectivity index (χ1n) is 8.84. The maximum Gasteiger partial charge on any atom is 0.178 e. The highest BCUT2D eigenvalue weighted by Gasteiger charge is 2.60. The molecule has 0 spiro atoms. The van der Waals surface area contributed by atoms with Gasteiger partial charge in [-0.2, -0.15) is 0 Å². The van der Waals surface area contributed by atoms with Crippen LogP contribution in [-0.2, 0) is 9.59 Å². The monoisotopic (exact) mass is 390 g/mol. The molecule has 4 heteroatoms. The number of ketones is 2. The lowest BCUT2D eigenvalue weighted by molar-refractivity contribution is -0.130. The van der Waals surface area contributed by atoms with Crippen LogP contribution in [-0.4, -0.2) is 28.1 Å². The van der Waals surface area contributed by atoms with Crippen LogP contribution in [0.2, 0.25) is 0 Å². The van der Waals surface area contributed by atoms with Gasteiger partial charge in [-0.1, -0.05) is 41.1 Å². The second kappa shape index (κ2) is 5.50.